The molecule has 2 aromatic heterocycles. The molecule has 0 aliphatic carbocycles. The summed E-state index contributed by atoms with van der Waals surface area (Å²) in [4.78, 5) is 8.37. The summed E-state index contributed by atoms with van der Waals surface area (Å²) in [5.74, 6) is 0. The monoisotopic (exact) mass is 616 g/mol. The van der Waals surface area contributed by atoms with Crippen molar-refractivity contribution in [3.63, 3.8) is 0 Å². The van der Waals surface area contributed by atoms with Crippen LogP contribution < -0.4 is 15.9 Å². The van der Waals surface area contributed by atoms with Crippen LogP contribution in [0.1, 0.15) is 0 Å². The second-order valence-electron chi connectivity index (χ2n) is 6.90. The number of hydrogen-bond donors (Lipinski definition) is 0. The van der Waals surface area contributed by atoms with Crippen molar-refractivity contribution in [1.82, 2.24) is 9.97 Å². The van der Waals surface area contributed by atoms with Crippen molar-refractivity contribution >= 4 is 23.8 Å². The van der Waals surface area contributed by atoms with Gasteiger partial charge in [0.25, 0.3) is 0 Å². The summed E-state index contributed by atoms with van der Waals surface area (Å²) in [6.45, 7) is 0. The third-order valence-electron chi connectivity index (χ3n) is 4.78. The van der Waals surface area contributed by atoms with Gasteiger partial charge in [0.1, 0.15) is 15.9 Å². The third-order valence-corrected chi connectivity index (χ3v) is 7.51. The third kappa shape index (κ3) is 6.56. The molecule has 3 aromatic carbocycles. The molecule has 161 valence electrons. The Morgan fingerprint density at radius 3 is 0.969 bits per heavy atom. The summed E-state index contributed by atoms with van der Waals surface area (Å²) in [6.07, 6.45) is 3.54. The SMILES string of the molecule is [Au].c1ccc(-c2ccccn2)nc1.c1ccc([PH+](c2ccccc2)c2ccccc2)cc1. The Hall–Kier alpha value is -2.87. The largest absolute Gasteiger partial charge is 0.255 e. The Morgan fingerprint density at radius 2 is 0.688 bits per heavy atom. The zero-order valence-corrected chi connectivity index (χ0v) is 20.6. The molecule has 5 aromatic rings. The normalized spacial score (nSPS) is 9.91. The first kappa shape index (κ1) is 23.8. The quantitative estimate of drug-likeness (QED) is 0.202. The van der Waals surface area contributed by atoms with Gasteiger partial charge in [0, 0.05) is 34.8 Å². The predicted molar refractivity (Wildman–Crippen MR) is 134 cm³/mol. The minimum Gasteiger partial charge on any atom is -0.255 e. The maximum absolute atomic E-state index is 4.19. The van der Waals surface area contributed by atoms with Gasteiger partial charge in [-0.1, -0.05) is 66.7 Å². The number of nitrogens with zero attached hydrogens (tertiary/aromatic N) is 2. The van der Waals surface area contributed by atoms with Crippen LogP contribution in [0, 0.1) is 0 Å². The van der Waals surface area contributed by atoms with Crippen LogP contribution in [0.5, 0.6) is 0 Å². The van der Waals surface area contributed by atoms with Crippen molar-refractivity contribution < 1.29 is 22.4 Å². The average Bonchev–Trinajstić information content (AvgIpc) is 2.88. The molecular weight excluding hydrogens is 592 g/mol. The number of benzene rings is 3. The van der Waals surface area contributed by atoms with E-state index in [0.717, 1.165) is 11.4 Å². The van der Waals surface area contributed by atoms with Crippen molar-refractivity contribution in [2.45, 2.75) is 0 Å². The fourth-order valence-electron chi connectivity index (χ4n) is 3.34. The van der Waals surface area contributed by atoms with Crippen molar-refractivity contribution in [1.29, 1.82) is 0 Å². The Kier molecular flexibility index (Phi) is 9.56. The molecule has 1 radical (unpaired) electrons. The summed E-state index contributed by atoms with van der Waals surface area (Å²) in [6, 6.07) is 44.1. The minimum absolute atomic E-state index is 0. The first-order chi connectivity index (χ1) is 15.4. The van der Waals surface area contributed by atoms with Crippen LogP contribution in [0.3, 0.4) is 0 Å². The molecule has 0 saturated heterocycles. The first-order valence-corrected chi connectivity index (χ1v) is 11.8. The average molecular weight is 616 g/mol. The van der Waals surface area contributed by atoms with Gasteiger partial charge in [0.2, 0.25) is 0 Å². The first-order valence-electron chi connectivity index (χ1n) is 10.3. The summed E-state index contributed by atoms with van der Waals surface area (Å²) in [5, 5.41) is 4.31. The van der Waals surface area contributed by atoms with E-state index < -0.39 is 7.92 Å². The van der Waals surface area contributed by atoms with Gasteiger partial charge in [-0.05, 0) is 60.7 Å². The molecule has 32 heavy (non-hydrogen) atoms. The molecule has 4 heteroatoms. The van der Waals surface area contributed by atoms with Crippen LogP contribution in [0.15, 0.2) is 140 Å². The zero-order valence-electron chi connectivity index (χ0n) is 17.5. The van der Waals surface area contributed by atoms with E-state index in [1.54, 1.807) is 12.4 Å². The number of rotatable bonds is 4. The van der Waals surface area contributed by atoms with Gasteiger partial charge in [-0.3, -0.25) is 9.97 Å². The van der Waals surface area contributed by atoms with Crippen molar-refractivity contribution in [3.05, 3.63) is 140 Å². The Bertz CT molecular complexity index is 1030. The maximum atomic E-state index is 4.19. The van der Waals surface area contributed by atoms with E-state index in [1.807, 2.05) is 36.4 Å². The topological polar surface area (TPSA) is 25.8 Å². The number of pyridine rings is 2. The van der Waals surface area contributed by atoms with Crippen molar-refractivity contribution in [3.8, 4) is 11.4 Å². The van der Waals surface area contributed by atoms with Crippen LogP contribution in [0.2, 0.25) is 0 Å². The van der Waals surface area contributed by atoms with Crippen LogP contribution in [-0.4, -0.2) is 9.97 Å². The van der Waals surface area contributed by atoms with Gasteiger partial charge in [-0.2, -0.15) is 0 Å². The van der Waals surface area contributed by atoms with Crippen LogP contribution in [0.25, 0.3) is 11.4 Å². The number of hydrogen-bond acceptors (Lipinski definition) is 2. The predicted octanol–water partition coefficient (Wildman–Crippen LogP) is 5.32. The van der Waals surface area contributed by atoms with E-state index in [0.29, 0.717) is 0 Å². The van der Waals surface area contributed by atoms with E-state index in [9.17, 15) is 0 Å². The Morgan fingerprint density at radius 1 is 0.375 bits per heavy atom. The molecule has 0 bridgehead atoms. The van der Waals surface area contributed by atoms with E-state index in [2.05, 4.69) is 101 Å². The standard InChI is InChI=1S/C18H15P.C10H8N2.Au/c1-4-10-16(11-5-1)19(17-12-6-2-7-13-17)18-14-8-3-9-15-18;1-3-7-11-9(5-1)10-6-2-4-8-12-10;/h1-15H;1-8H;/p+1. The van der Waals surface area contributed by atoms with E-state index >= 15 is 0 Å². The molecule has 0 fully saturated rings. The van der Waals surface area contributed by atoms with Gasteiger partial charge in [0.15, 0.2) is 0 Å². The molecule has 0 spiro atoms. The molecule has 0 aliphatic heterocycles. The van der Waals surface area contributed by atoms with Crippen LogP contribution in [0.4, 0.5) is 0 Å². The fraction of sp³-hybridized carbons (Fsp3) is 0. The van der Waals surface area contributed by atoms with Gasteiger partial charge in [-0.25, -0.2) is 0 Å². The number of aromatic nitrogens is 2. The summed E-state index contributed by atoms with van der Waals surface area (Å²) in [5.41, 5.74) is 1.83. The summed E-state index contributed by atoms with van der Waals surface area (Å²) >= 11 is 0. The van der Waals surface area contributed by atoms with Crippen molar-refractivity contribution in [2.75, 3.05) is 0 Å². The van der Waals surface area contributed by atoms with Gasteiger partial charge >= 0.3 is 0 Å². The smallest absolute Gasteiger partial charge is 0.102 e. The molecule has 0 atom stereocenters. The van der Waals surface area contributed by atoms with E-state index in [1.165, 1.54) is 15.9 Å². The second kappa shape index (κ2) is 12.9. The maximum Gasteiger partial charge on any atom is 0.102 e. The zero-order chi connectivity index (χ0) is 21.1. The molecule has 2 nitrogen and oxygen atoms in total. The van der Waals surface area contributed by atoms with E-state index in [-0.39, 0.29) is 22.4 Å². The molecule has 0 aliphatic rings. The molecule has 0 saturated carbocycles. The molecule has 0 N–H and O–H groups in total. The Balaban J connectivity index is 0.000000193. The van der Waals surface area contributed by atoms with Gasteiger partial charge < -0.3 is 0 Å². The summed E-state index contributed by atoms with van der Waals surface area (Å²) in [7, 11) is -0.877. The van der Waals surface area contributed by atoms with Crippen LogP contribution >= 0.6 is 7.92 Å². The van der Waals surface area contributed by atoms with Crippen molar-refractivity contribution in [2.24, 2.45) is 0 Å². The van der Waals surface area contributed by atoms with E-state index in [4.69, 9.17) is 0 Å². The minimum atomic E-state index is -0.877. The van der Waals surface area contributed by atoms with Gasteiger partial charge in [0.05, 0.1) is 19.3 Å². The molecular formula is C28H24AuN2P+. The van der Waals surface area contributed by atoms with Crippen LogP contribution in [-0.2, 0) is 22.4 Å². The van der Waals surface area contributed by atoms with Gasteiger partial charge in [-0.15, -0.1) is 0 Å². The summed E-state index contributed by atoms with van der Waals surface area (Å²) < 4.78 is 0. The molecule has 0 amide bonds. The fourth-order valence-corrected chi connectivity index (χ4v) is 5.92. The Labute approximate surface area is 206 Å². The second-order valence-corrected chi connectivity index (χ2v) is 9.39. The molecule has 5 rings (SSSR count). The molecule has 0 unspecified atom stereocenters. The molecule has 2 heterocycles.